The Morgan fingerprint density at radius 3 is 2.79 bits per heavy atom. The lowest BCUT2D eigenvalue weighted by Crippen LogP contribution is -2.26. The number of benzene rings is 1. The van der Waals surface area contributed by atoms with E-state index in [0.29, 0.717) is 18.3 Å². The predicted octanol–water partition coefficient (Wildman–Crippen LogP) is 2.37. The highest BCUT2D eigenvalue weighted by atomic mass is 19.1. The number of aliphatic hydroxyl groups is 1. The third-order valence-electron chi connectivity index (χ3n) is 3.88. The van der Waals surface area contributed by atoms with Gasteiger partial charge in [-0.3, -0.25) is 0 Å². The van der Waals surface area contributed by atoms with Gasteiger partial charge in [-0.2, -0.15) is 0 Å². The minimum absolute atomic E-state index is 0.148. The number of aliphatic hydroxyl groups excluding tert-OH is 1. The van der Waals surface area contributed by atoms with Crippen molar-refractivity contribution < 1.29 is 14.2 Å². The van der Waals surface area contributed by atoms with Crippen molar-refractivity contribution >= 4 is 0 Å². The molecule has 0 bridgehead atoms. The van der Waals surface area contributed by atoms with Gasteiger partial charge in [0.05, 0.1) is 6.10 Å². The number of halogens is 1. The second-order valence-corrected chi connectivity index (χ2v) is 5.56. The maximum absolute atomic E-state index is 13.3. The van der Waals surface area contributed by atoms with Gasteiger partial charge >= 0.3 is 0 Å². The van der Waals surface area contributed by atoms with Gasteiger partial charge in [0.25, 0.3) is 0 Å². The van der Waals surface area contributed by atoms with Gasteiger partial charge in [0.1, 0.15) is 17.7 Å². The fraction of sp³-hybridized carbons (Fsp3) is 0.600. The zero-order valence-corrected chi connectivity index (χ0v) is 10.9. The number of hydrogen-bond donors (Lipinski definition) is 2. The van der Waals surface area contributed by atoms with E-state index < -0.39 is 6.10 Å². The molecule has 1 aromatic carbocycles. The van der Waals surface area contributed by atoms with E-state index >= 15 is 0 Å². The first-order valence-electron chi connectivity index (χ1n) is 7.09. The lowest BCUT2D eigenvalue weighted by atomic mass is 10.1. The summed E-state index contributed by atoms with van der Waals surface area (Å²) in [5.74, 6) is 0.451. The first kappa shape index (κ1) is 12.9. The summed E-state index contributed by atoms with van der Waals surface area (Å²) in [6.45, 7) is 0.626. The molecule has 0 amide bonds. The van der Waals surface area contributed by atoms with E-state index in [0.717, 1.165) is 24.8 Å². The molecule has 3 nitrogen and oxygen atoms in total. The van der Waals surface area contributed by atoms with Crippen LogP contribution in [0.1, 0.15) is 37.7 Å². The predicted molar refractivity (Wildman–Crippen MR) is 70.5 cm³/mol. The molecule has 0 aliphatic heterocycles. The van der Waals surface area contributed by atoms with Crippen LogP contribution in [0.25, 0.3) is 0 Å². The van der Waals surface area contributed by atoms with Crippen molar-refractivity contribution in [1.29, 1.82) is 0 Å². The van der Waals surface area contributed by atoms with Crippen molar-refractivity contribution in [3.63, 3.8) is 0 Å². The van der Waals surface area contributed by atoms with Crippen LogP contribution in [0.15, 0.2) is 18.2 Å². The fourth-order valence-corrected chi connectivity index (χ4v) is 2.55. The van der Waals surface area contributed by atoms with E-state index in [2.05, 4.69) is 5.32 Å². The number of hydrogen-bond acceptors (Lipinski definition) is 3. The topological polar surface area (TPSA) is 41.5 Å². The molecule has 2 aliphatic rings. The molecule has 2 N–H and O–H groups in total. The fourth-order valence-electron chi connectivity index (χ4n) is 2.55. The van der Waals surface area contributed by atoms with E-state index in [1.54, 1.807) is 6.07 Å². The third-order valence-corrected chi connectivity index (χ3v) is 3.88. The molecular weight excluding hydrogens is 245 g/mol. The second kappa shape index (κ2) is 5.47. The van der Waals surface area contributed by atoms with Crippen LogP contribution in [0.3, 0.4) is 0 Å². The van der Waals surface area contributed by atoms with Crippen molar-refractivity contribution in [2.75, 3.05) is 0 Å². The Morgan fingerprint density at radius 2 is 2.11 bits per heavy atom. The highest BCUT2D eigenvalue weighted by Crippen LogP contribution is 2.28. The highest BCUT2D eigenvalue weighted by Gasteiger charge is 2.28. The summed E-state index contributed by atoms with van der Waals surface area (Å²) in [7, 11) is 0. The number of ether oxygens (including phenoxy) is 1. The van der Waals surface area contributed by atoms with Crippen LogP contribution in [-0.4, -0.2) is 23.4 Å². The normalized spacial score (nSPS) is 26.6. The average Bonchev–Trinajstić information content (AvgIpc) is 3.14. The monoisotopic (exact) mass is 265 g/mol. The zero-order chi connectivity index (χ0) is 13.2. The Balaban J connectivity index is 1.70. The van der Waals surface area contributed by atoms with Crippen molar-refractivity contribution in [2.45, 2.75) is 56.9 Å². The quantitative estimate of drug-likeness (QED) is 0.859. The van der Waals surface area contributed by atoms with Crippen LogP contribution in [0.5, 0.6) is 5.75 Å². The molecule has 2 saturated carbocycles. The van der Waals surface area contributed by atoms with E-state index in [1.165, 1.54) is 25.0 Å². The molecule has 2 atom stereocenters. The van der Waals surface area contributed by atoms with Crippen molar-refractivity contribution in [1.82, 2.24) is 5.32 Å². The number of nitrogens with one attached hydrogen (secondary N) is 1. The van der Waals surface area contributed by atoms with Gasteiger partial charge in [-0.25, -0.2) is 4.39 Å². The van der Waals surface area contributed by atoms with Gasteiger partial charge in [-0.15, -0.1) is 0 Å². The van der Waals surface area contributed by atoms with Crippen LogP contribution in [0.4, 0.5) is 4.39 Å². The summed E-state index contributed by atoms with van der Waals surface area (Å²) in [6, 6.07) is 5.18. The van der Waals surface area contributed by atoms with Gasteiger partial charge in [0, 0.05) is 18.2 Å². The highest BCUT2D eigenvalue weighted by molar-refractivity contribution is 5.34. The summed E-state index contributed by atoms with van der Waals surface area (Å²) in [5, 5.41) is 13.2. The van der Waals surface area contributed by atoms with Crippen LogP contribution in [0.2, 0.25) is 0 Å². The van der Waals surface area contributed by atoms with Gasteiger partial charge < -0.3 is 15.2 Å². The summed E-state index contributed by atoms with van der Waals surface area (Å²) in [6.07, 6.45) is 4.51. The van der Waals surface area contributed by atoms with Gasteiger partial charge in [0.2, 0.25) is 0 Å². The molecule has 0 spiro atoms. The Hall–Kier alpha value is -1.13. The minimum Gasteiger partial charge on any atom is -0.487 e. The SMILES string of the molecule is OC1CCCC1Oc1ccc(F)cc1CNC1CC1. The van der Waals surface area contributed by atoms with Gasteiger partial charge in [-0.05, 0) is 50.3 Å². The van der Waals surface area contributed by atoms with E-state index in [9.17, 15) is 9.50 Å². The maximum Gasteiger partial charge on any atom is 0.124 e. The van der Waals surface area contributed by atoms with E-state index in [1.807, 2.05) is 0 Å². The first-order chi connectivity index (χ1) is 9.22. The zero-order valence-electron chi connectivity index (χ0n) is 10.9. The molecule has 0 heterocycles. The van der Waals surface area contributed by atoms with E-state index in [4.69, 9.17) is 4.74 Å². The molecule has 19 heavy (non-hydrogen) atoms. The summed E-state index contributed by atoms with van der Waals surface area (Å²) < 4.78 is 19.2. The Morgan fingerprint density at radius 1 is 1.26 bits per heavy atom. The summed E-state index contributed by atoms with van der Waals surface area (Å²) >= 11 is 0. The Kier molecular flexibility index (Phi) is 3.71. The molecule has 2 fully saturated rings. The molecule has 0 aromatic heterocycles. The largest absolute Gasteiger partial charge is 0.487 e. The molecule has 4 heteroatoms. The van der Waals surface area contributed by atoms with Crippen LogP contribution >= 0.6 is 0 Å². The summed E-state index contributed by atoms with van der Waals surface area (Å²) in [5.41, 5.74) is 0.839. The molecule has 0 saturated heterocycles. The second-order valence-electron chi connectivity index (χ2n) is 5.56. The van der Waals surface area contributed by atoms with Gasteiger partial charge in [0.15, 0.2) is 0 Å². The van der Waals surface area contributed by atoms with Crippen molar-refractivity contribution in [3.8, 4) is 5.75 Å². The molecule has 2 unspecified atom stereocenters. The average molecular weight is 265 g/mol. The molecule has 2 aliphatic carbocycles. The Bertz CT molecular complexity index is 448. The lowest BCUT2D eigenvalue weighted by Gasteiger charge is -2.19. The minimum atomic E-state index is -0.394. The van der Waals surface area contributed by atoms with Crippen LogP contribution in [-0.2, 0) is 6.54 Å². The van der Waals surface area contributed by atoms with E-state index in [-0.39, 0.29) is 11.9 Å². The third kappa shape index (κ3) is 3.25. The standard InChI is InChI=1S/C15H20FNO2/c16-11-4-7-14(19-15-3-1-2-13(15)18)10(8-11)9-17-12-5-6-12/h4,7-8,12-13,15,17-18H,1-3,5-6,9H2. The smallest absolute Gasteiger partial charge is 0.124 e. The lowest BCUT2D eigenvalue weighted by molar-refractivity contribution is 0.0596. The Labute approximate surface area is 112 Å². The summed E-state index contributed by atoms with van der Waals surface area (Å²) in [4.78, 5) is 0. The molecule has 104 valence electrons. The van der Waals surface area contributed by atoms with Crippen LogP contribution < -0.4 is 10.1 Å². The molecule has 1 aromatic rings. The van der Waals surface area contributed by atoms with Crippen molar-refractivity contribution in [2.24, 2.45) is 0 Å². The van der Waals surface area contributed by atoms with Crippen LogP contribution in [0, 0.1) is 5.82 Å². The molecule has 3 rings (SSSR count). The van der Waals surface area contributed by atoms with Crippen molar-refractivity contribution in [3.05, 3.63) is 29.6 Å². The molecular formula is C15H20FNO2. The maximum atomic E-state index is 13.3. The first-order valence-corrected chi connectivity index (χ1v) is 7.09. The molecule has 0 radical (unpaired) electrons. The van der Waals surface area contributed by atoms with Gasteiger partial charge in [-0.1, -0.05) is 0 Å². The number of rotatable bonds is 5.